The fourth-order valence-corrected chi connectivity index (χ4v) is 1.53. The Hall–Kier alpha value is -1.11. The summed E-state index contributed by atoms with van der Waals surface area (Å²) in [5, 5.41) is 17.4. The van der Waals surface area contributed by atoms with E-state index in [1.165, 1.54) is 0 Å². The van der Waals surface area contributed by atoms with E-state index in [1.54, 1.807) is 6.92 Å². The van der Waals surface area contributed by atoms with E-state index in [0.717, 1.165) is 12.7 Å². The molecule has 0 aliphatic rings. The van der Waals surface area contributed by atoms with E-state index in [-0.39, 0.29) is 6.61 Å². The number of nitrogens with zero attached hydrogens (tertiary/aromatic N) is 2. The molecule has 0 atom stereocenters. The molecule has 0 N–H and O–H groups in total. The zero-order valence-corrected chi connectivity index (χ0v) is 10.4. The third-order valence-corrected chi connectivity index (χ3v) is 2.71. The molecule has 0 heterocycles. The van der Waals surface area contributed by atoms with E-state index in [2.05, 4.69) is 4.18 Å². The van der Waals surface area contributed by atoms with Crippen molar-refractivity contribution in [3.8, 4) is 12.1 Å². The fourth-order valence-electron chi connectivity index (χ4n) is 1.10. The molecule has 0 unspecified atom stereocenters. The third-order valence-electron chi connectivity index (χ3n) is 2.11. The Morgan fingerprint density at radius 1 is 1.19 bits per heavy atom. The van der Waals surface area contributed by atoms with Crippen molar-refractivity contribution in [3.05, 3.63) is 0 Å². The molecule has 0 bridgehead atoms. The van der Waals surface area contributed by atoms with E-state index < -0.39 is 15.5 Å². The van der Waals surface area contributed by atoms with Crippen LogP contribution in [0.4, 0.5) is 0 Å². The number of hydrogen-bond donors (Lipinski definition) is 0. The van der Waals surface area contributed by atoms with Gasteiger partial charge in [-0.2, -0.15) is 18.9 Å². The van der Waals surface area contributed by atoms with Crippen LogP contribution in [0.2, 0.25) is 0 Å². The summed E-state index contributed by atoms with van der Waals surface area (Å²) in [6, 6.07) is 3.91. The van der Waals surface area contributed by atoms with Crippen molar-refractivity contribution in [3.63, 3.8) is 0 Å². The van der Waals surface area contributed by atoms with Gasteiger partial charge in [0.15, 0.2) is 0 Å². The van der Waals surface area contributed by atoms with Crippen molar-refractivity contribution in [2.24, 2.45) is 5.41 Å². The Bertz CT molecular complexity index is 375. The molecule has 0 radical (unpaired) electrons. The highest BCUT2D eigenvalue weighted by Gasteiger charge is 2.21. The molecule has 0 aromatic heterocycles. The second kappa shape index (κ2) is 6.47. The van der Waals surface area contributed by atoms with Crippen molar-refractivity contribution in [1.29, 1.82) is 10.5 Å². The lowest BCUT2D eigenvalue weighted by Gasteiger charge is -2.10. The normalized spacial score (nSPS) is 11.8. The van der Waals surface area contributed by atoms with Crippen LogP contribution in [0.5, 0.6) is 0 Å². The Morgan fingerprint density at radius 3 is 2.19 bits per heavy atom. The van der Waals surface area contributed by atoms with Gasteiger partial charge in [-0.15, -0.1) is 0 Å². The average Bonchev–Trinajstić information content (AvgIpc) is 2.21. The van der Waals surface area contributed by atoms with Crippen molar-refractivity contribution < 1.29 is 12.6 Å². The molecule has 0 aromatic carbocycles. The van der Waals surface area contributed by atoms with Crippen molar-refractivity contribution >= 4 is 10.1 Å². The summed E-state index contributed by atoms with van der Waals surface area (Å²) in [5.74, 6) is 0. The first-order valence-corrected chi connectivity index (χ1v) is 6.81. The van der Waals surface area contributed by atoms with E-state index in [9.17, 15) is 8.42 Å². The minimum Gasteiger partial charge on any atom is -0.270 e. The molecular formula is C10H16N2O3S. The van der Waals surface area contributed by atoms with Gasteiger partial charge in [-0.3, -0.25) is 4.18 Å². The molecule has 0 aliphatic carbocycles. The smallest absolute Gasteiger partial charge is 0.264 e. The van der Waals surface area contributed by atoms with Crippen LogP contribution >= 0.6 is 0 Å². The summed E-state index contributed by atoms with van der Waals surface area (Å²) in [6.07, 6.45) is 3.58. The Balaban J connectivity index is 3.64. The molecule has 0 aromatic rings. The molecule has 0 fully saturated rings. The maximum Gasteiger partial charge on any atom is 0.264 e. The van der Waals surface area contributed by atoms with Crippen molar-refractivity contribution in [1.82, 2.24) is 0 Å². The lowest BCUT2D eigenvalue weighted by molar-refractivity contribution is 0.307. The molecule has 90 valence electrons. The van der Waals surface area contributed by atoms with Crippen LogP contribution in [0.1, 0.15) is 32.6 Å². The number of rotatable bonds is 7. The van der Waals surface area contributed by atoms with Gasteiger partial charge in [0.2, 0.25) is 0 Å². The minimum absolute atomic E-state index is 0.161. The zero-order valence-electron chi connectivity index (χ0n) is 9.56. The van der Waals surface area contributed by atoms with Gasteiger partial charge in [-0.05, 0) is 19.8 Å². The first-order chi connectivity index (χ1) is 7.33. The van der Waals surface area contributed by atoms with E-state index in [1.807, 2.05) is 12.1 Å². The first-order valence-electron chi connectivity index (χ1n) is 5.00. The lowest BCUT2D eigenvalue weighted by Crippen LogP contribution is -2.10. The van der Waals surface area contributed by atoms with Crippen LogP contribution in [-0.4, -0.2) is 21.3 Å². The standard InChI is InChI=1S/C10H16N2O3S/c1-10(8-11,9-12)6-4-3-5-7-15-16(2,13)14/h3-7H2,1-2H3. The van der Waals surface area contributed by atoms with Gasteiger partial charge in [-0.1, -0.05) is 12.8 Å². The molecular weight excluding hydrogens is 228 g/mol. The minimum atomic E-state index is -3.35. The van der Waals surface area contributed by atoms with Gasteiger partial charge >= 0.3 is 0 Å². The number of nitriles is 2. The SMILES string of the molecule is CC(C#N)(C#N)CCCCCOS(C)(=O)=O. The van der Waals surface area contributed by atoms with Gasteiger partial charge in [-0.25, -0.2) is 0 Å². The van der Waals surface area contributed by atoms with Crippen LogP contribution in [0.25, 0.3) is 0 Å². The van der Waals surface area contributed by atoms with Crippen LogP contribution in [0.15, 0.2) is 0 Å². The third kappa shape index (κ3) is 7.22. The predicted molar refractivity (Wildman–Crippen MR) is 58.6 cm³/mol. The van der Waals surface area contributed by atoms with Crippen LogP contribution in [0, 0.1) is 28.1 Å². The fraction of sp³-hybridized carbons (Fsp3) is 0.800. The summed E-state index contributed by atoms with van der Waals surface area (Å²) in [7, 11) is -3.35. The summed E-state index contributed by atoms with van der Waals surface area (Å²) in [4.78, 5) is 0. The molecule has 0 spiro atoms. The highest BCUT2D eigenvalue weighted by Crippen LogP contribution is 2.22. The summed E-state index contributed by atoms with van der Waals surface area (Å²) < 4.78 is 25.8. The second-order valence-corrected chi connectivity index (χ2v) is 5.54. The van der Waals surface area contributed by atoms with E-state index in [4.69, 9.17) is 10.5 Å². The number of hydrogen-bond acceptors (Lipinski definition) is 5. The predicted octanol–water partition coefficient (Wildman–Crippen LogP) is 1.58. The van der Waals surface area contributed by atoms with E-state index >= 15 is 0 Å². The average molecular weight is 244 g/mol. The van der Waals surface area contributed by atoms with Gasteiger partial charge in [0.25, 0.3) is 10.1 Å². The lowest BCUT2D eigenvalue weighted by atomic mass is 9.88. The molecule has 0 saturated heterocycles. The Morgan fingerprint density at radius 2 is 1.75 bits per heavy atom. The molecule has 0 aliphatic heterocycles. The van der Waals surface area contributed by atoms with E-state index in [0.29, 0.717) is 19.3 Å². The van der Waals surface area contributed by atoms with Crippen LogP contribution in [-0.2, 0) is 14.3 Å². The zero-order chi connectivity index (χ0) is 12.7. The van der Waals surface area contributed by atoms with Crippen LogP contribution < -0.4 is 0 Å². The molecule has 0 rings (SSSR count). The van der Waals surface area contributed by atoms with Gasteiger partial charge in [0.1, 0.15) is 5.41 Å². The molecule has 6 heteroatoms. The number of unbranched alkanes of at least 4 members (excludes halogenated alkanes) is 2. The van der Waals surface area contributed by atoms with Gasteiger partial charge in [0.05, 0.1) is 25.0 Å². The molecule has 0 amide bonds. The maximum absolute atomic E-state index is 10.6. The topological polar surface area (TPSA) is 90.9 Å². The highest BCUT2D eigenvalue weighted by molar-refractivity contribution is 7.85. The van der Waals surface area contributed by atoms with Crippen molar-refractivity contribution in [2.75, 3.05) is 12.9 Å². The molecule has 16 heavy (non-hydrogen) atoms. The Labute approximate surface area is 96.8 Å². The van der Waals surface area contributed by atoms with Crippen molar-refractivity contribution in [2.45, 2.75) is 32.6 Å². The summed E-state index contributed by atoms with van der Waals surface area (Å²) in [6.45, 7) is 1.76. The monoisotopic (exact) mass is 244 g/mol. The second-order valence-electron chi connectivity index (χ2n) is 3.89. The largest absolute Gasteiger partial charge is 0.270 e. The van der Waals surface area contributed by atoms with Crippen LogP contribution in [0.3, 0.4) is 0 Å². The van der Waals surface area contributed by atoms with Gasteiger partial charge < -0.3 is 0 Å². The summed E-state index contributed by atoms with van der Waals surface area (Å²) >= 11 is 0. The highest BCUT2D eigenvalue weighted by atomic mass is 32.2. The molecule has 0 saturated carbocycles. The quantitative estimate of drug-likeness (QED) is 0.501. The maximum atomic E-state index is 10.6. The molecule has 5 nitrogen and oxygen atoms in total. The summed E-state index contributed by atoms with van der Waals surface area (Å²) in [5.41, 5.74) is -0.933. The van der Waals surface area contributed by atoms with Gasteiger partial charge in [0, 0.05) is 0 Å². The Kier molecular flexibility index (Phi) is 6.02. The first kappa shape index (κ1) is 14.9.